The van der Waals surface area contributed by atoms with Crippen molar-refractivity contribution >= 4 is 5.69 Å². The molecule has 0 unspecified atom stereocenters. The first kappa shape index (κ1) is 12.9. The van der Waals surface area contributed by atoms with Gasteiger partial charge in [0, 0.05) is 37.4 Å². The van der Waals surface area contributed by atoms with Gasteiger partial charge in [0.25, 0.3) is 0 Å². The third-order valence-corrected chi connectivity index (χ3v) is 4.74. The van der Waals surface area contributed by atoms with Crippen LogP contribution < -0.4 is 4.90 Å². The standard InChI is InChI=1S/C16H24N2O/c1-16(18-11-13-19-14-12-18)7-9-17(10-8-16)15-5-3-2-4-6-15/h2-6H,7-14H2,1H3. The molecule has 0 amide bonds. The van der Waals surface area contributed by atoms with Gasteiger partial charge in [0.1, 0.15) is 0 Å². The highest BCUT2D eigenvalue weighted by Gasteiger charge is 2.36. The lowest BCUT2D eigenvalue weighted by Crippen LogP contribution is -2.56. The van der Waals surface area contributed by atoms with E-state index < -0.39 is 0 Å². The van der Waals surface area contributed by atoms with Gasteiger partial charge in [-0.05, 0) is 31.9 Å². The number of hydrogen-bond acceptors (Lipinski definition) is 3. The Morgan fingerprint density at radius 2 is 1.58 bits per heavy atom. The summed E-state index contributed by atoms with van der Waals surface area (Å²) in [6, 6.07) is 10.8. The summed E-state index contributed by atoms with van der Waals surface area (Å²) in [6.07, 6.45) is 2.50. The number of hydrogen-bond donors (Lipinski definition) is 0. The Morgan fingerprint density at radius 1 is 0.947 bits per heavy atom. The zero-order valence-corrected chi connectivity index (χ0v) is 11.8. The average Bonchev–Trinajstić information content (AvgIpc) is 2.50. The van der Waals surface area contributed by atoms with Crippen molar-refractivity contribution < 1.29 is 4.74 Å². The molecule has 0 aliphatic carbocycles. The van der Waals surface area contributed by atoms with Gasteiger partial charge in [-0.1, -0.05) is 18.2 Å². The first-order valence-electron chi connectivity index (χ1n) is 7.41. The first-order chi connectivity index (χ1) is 9.28. The lowest BCUT2D eigenvalue weighted by molar-refractivity contribution is -0.0248. The molecule has 0 atom stereocenters. The number of morpholine rings is 1. The SMILES string of the molecule is CC1(N2CCOCC2)CCN(c2ccccc2)CC1. The van der Waals surface area contributed by atoms with Gasteiger partial charge >= 0.3 is 0 Å². The van der Waals surface area contributed by atoms with Crippen LogP contribution in [0.15, 0.2) is 30.3 Å². The lowest BCUT2D eigenvalue weighted by atomic mass is 9.87. The number of nitrogens with zero attached hydrogens (tertiary/aromatic N) is 2. The van der Waals surface area contributed by atoms with E-state index in [2.05, 4.69) is 47.1 Å². The summed E-state index contributed by atoms with van der Waals surface area (Å²) < 4.78 is 5.47. The predicted molar refractivity (Wildman–Crippen MR) is 78.7 cm³/mol. The summed E-state index contributed by atoms with van der Waals surface area (Å²) in [7, 11) is 0. The summed E-state index contributed by atoms with van der Waals surface area (Å²) >= 11 is 0. The molecule has 0 bridgehead atoms. The third kappa shape index (κ3) is 2.77. The molecule has 104 valence electrons. The second-order valence-corrected chi connectivity index (χ2v) is 5.92. The Morgan fingerprint density at radius 3 is 2.21 bits per heavy atom. The lowest BCUT2D eigenvalue weighted by Gasteiger charge is -2.48. The number of anilines is 1. The van der Waals surface area contributed by atoms with Crippen molar-refractivity contribution in [3.63, 3.8) is 0 Å². The quantitative estimate of drug-likeness (QED) is 0.812. The molecule has 2 aliphatic heterocycles. The Bertz CT molecular complexity index is 392. The topological polar surface area (TPSA) is 15.7 Å². The molecule has 1 aromatic rings. The van der Waals surface area contributed by atoms with Crippen LogP contribution in [0.4, 0.5) is 5.69 Å². The highest BCUT2D eigenvalue weighted by atomic mass is 16.5. The summed E-state index contributed by atoms with van der Waals surface area (Å²) in [5.41, 5.74) is 1.74. The molecule has 2 heterocycles. The molecule has 1 aromatic carbocycles. The number of rotatable bonds is 2. The van der Waals surface area contributed by atoms with E-state index in [0.717, 1.165) is 39.4 Å². The Balaban J connectivity index is 1.62. The maximum Gasteiger partial charge on any atom is 0.0594 e. The highest BCUT2D eigenvalue weighted by Crippen LogP contribution is 2.31. The second kappa shape index (κ2) is 5.51. The van der Waals surface area contributed by atoms with E-state index in [1.807, 2.05) is 0 Å². The van der Waals surface area contributed by atoms with Gasteiger partial charge in [-0.25, -0.2) is 0 Å². The van der Waals surface area contributed by atoms with Crippen LogP contribution in [0.3, 0.4) is 0 Å². The Hall–Kier alpha value is -1.06. The van der Waals surface area contributed by atoms with Gasteiger partial charge in [0.2, 0.25) is 0 Å². The number of ether oxygens (including phenoxy) is 1. The fraction of sp³-hybridized carbons (Fsp3) is 0.625. The third-order valence-electron chi connectivity index (χ3n) is 4.74. The van der Waals surface area contributed by atoms with Crippen LogP contribution in [0.2, 0.25) is 0 Å². The van der Waals surface area contributed by atoms with Crippen LogP contribution in [-0.2, 0) is 4.74 Å². The molecule has 0 spiro atoms. The van der Waals surface area contributed by atoms with E-state index >= 15 is 0 Å². The van der Waals surface area contributed by atoms with Gasteiger partial charge in [-0.2, -0.15) is 0 Å². The largest absolute Gasteiger partial charge is 0.379 e. The van der Waals surface area contributed by atoms with Crippen LogP contribution in [0, 0.1) is 0 Å². The fourth-order valence-electron chi connectivity index (χ4n) is 3.30. The van der Waals surface area contributed by atoms with Crippen molar-refractivity contribution in [2.75, 3.05) is 44.3 Å². The van der Waals surface area contributed by atoms with E-state index in [4.69, 9.17) is 4.74 Å². The molecular weight excluding hydrogens is 236 g/mol. The van der Waals surface area contributed by atoms with Gasteiger partial charge in [0.05, 0.1) is 13.2 Å². The number of para-hydroxylation sites is 1. The zero-order valence-electron chi connectivity index (χ0n) is 11.8. The zero-order chi connectivity index (χ0) is 13.1. The van der Waals surface area contributed by atoms with Gasteiger partial charge in [0.15, 0.2) is 0 Å². The molecule has 0 aromatic heterocycles. The minimum absolute atomic E-state index is 0.370. The van der Waals surface area contributed by atoms with Crippen molar-refractivity contribution in [2.45, 2.75) is 25.3 Å². The molecule has 2 saturated heterocycles. The van der Waals surface area contributed by atoms with Gasteiger partial charge in [-0.15, -0.1) is 0 Å². The minimum Gasteiger partial charge on any atom is -0.379 e. The smallest absolute Gasteiger partial charge is 0.0594 e. The van der Waals surface area contributed by atoms with Crippen LogP contribution in [0.1, 0.15) is 19.8 Å². The molecule has 3 rings (SSSR count). The summed E-state index contributed by atoms with van der Waals surface area (Å²) in [5.74, 6) is 0. The molecule has 2 fully saturated rings. The van der Waals surface area contributed by atoms with Crippen molar-refractivity contribution in [1.29, 1.82) is 0 Å². The summed E-state index contributed by atoms with van der Waals surface area (Å²) in [5, 5.41) is 0. The van der Waals surface area contributed by atoms with E-state index in [0.29, 0.717) is 5.54 Å². The highest BCUT2D eigenvalue weighted by molar-refractivity contribution is 5.46. The maximum absolute atomic E-state index is 5.47. The van der Waals surface area contributed by atoms with Crippen LogP contribution in [0.5, 0.6) is 0 Å². The van der Waals surface area contributed by atoms with Gasteiger partial charge < -0.3 is 9.64 Å². The molecule has 2 aliphatic rings. The predicted octanol–water partition coefficient (Wildman–Crippen LogP) is 2.38. The molecular formula is C16H24N2O. The Labute approximate surface area is 116 Å². The van der Waals surface area contributed by atoms with E-state index in [1.165, 1.54) is 18.5 Å². The van der Waals surface area contributed by atoms with Crippen LogP contribution in [-0.4, -0.2) is 49.8 Å². The van der Waals surface area contributed by atoms with Crippen LogP contribution in [0.25, 0.3) is 0 Å². The first-order valence-corrected chi connectivity index (χ1v) is 7.41. The van der Waals surface area contributed by atoms with Crippen molar-refractivity contribution in [1.82, 2.24) is 4.90 Å². The molecule has 0 saturated carbocycles. The van der Waals surface area contributed by atoms with Crippen LogP contribution >= 0.6 is 0 Å². The number of piperidine rings is 1. The van der Waals surface area contributed by atoms with E-state index in [1.54, 1.807) is 0 Å². The van der Waals surface area contributed by atoms with Gasteiger partial charge in [-0.3, -0.25) is 4.90 Å². The number of benzene rings is 1. The summed E-state index contributed by atoms with van der Waals surface area (Å²) in [4.78, 5) is 5.15. The van der Waals surface area contributed by atoms with Crippen molar-refractivity contribution in [3.05, 3.63) is 30.3 Å². The van der Waals surface area contributed by atoms with E-state index in [-0.39, 0.29) is 0 Å². The fourth-order valence-corrected chi connectivity index (χ4v) is 3.30. The minimum atomic E-state index is 0.370. The normalized spacial score (nSPS) is 24.4. The maximum atomic E-state index is 5.47. The second-order valence-electron chi connectivity index (χ2n) is 5.92. The van der Waals surface area contributed by atoms with Crippen molar-refractivity contribution in [3.8, 4) is 0 Å². The molecule has 3 heteroatoms. The molecule has 0 N–H and O–H groups in total. The Kier molecular flexibility index (Phi) is 3.76. The van der Waals surface area contributed by atoms with Crippen molar-refractivity contribution in [2.24, 2.45) is 0 Å². The molecule has 0 radical (unpaired) electrons. The monoisotopic (exact) mass is 260 g/mol. The summed E-state index contributed by atoms with van der Waals surface area (Å²) in [6.45, 7) is 8.76. The van der Waals surface area contributed by atoms with E-state index in [9.17, 15) is 0 Å². The molecule has 19 heavy (non-hydrogen) atoms. The average molecular weight is 260 g/mol. The molecule has 3 nitrogen and oxygen atoms in total.